The third-order valence-electron chi connectivity index (χ3n) is 2.56. The van der Waals surface area contributed by atoms with Gasteiger partial charge in [-0.25, -0.2) is 0 Å². The quantitative estimate of drug-likeness (QED) is 0.799. The van der Waals surface area contributed by atoms with Crippen molar-refractivity contribution in [1.82, 2.24) is 20.3 Å². The minimum atomic E-state index is 0.641. The van der Waals surface area contributed by atoms with Crippen LogP contribution in [0.25, 0.3) is 0 Å². The molecule has 5 heteroatoms. The van der Waals surface area contributed by atoms with Crippen LogP contribution in [0.2, 0.25) is 0 Å². The number of aromatic nitrogens is 3. The van der Waals surface area contributed by atoms with Gasteiger partial charge in [-0.15, -0.1) is 5.10 Å². The zero-order valence-electron chi connectivity index (χ0n) is 8.60. The highest BCUT2D eigenvalue weighted by molar-refractivity contribution is 7.99. The molecule has 14 heavy (non-hydrogen) atoms. The summed E-state index contributed by atoms with van der Waals surface area (Å²) < 4.78 is 1.74. The number of thioether (sulfide) groups is 1. The predicted octanol–water partition coefficient (Wildman–Crippen LogP) is 0.656. The normalized spacial score (nSPS) is 27.0. The van der Waals surface area contributed by atoms with E-state index in [-0.39, 0.29) is 0 Å². The van der Waals surface area contributed by atoms with E-state index >= 15 is 0 Å². The molecule has 0 radical (unpaired) electrons. The molecule has 1 N–H and O–H groups in total. The first kappa shape index (κ1) is 9.98. The van der Waals surface area contributed by atoms with Gasteiger partial charge in [-0.3, -0.25) is 4.68 Å². The SMILES string of the molecule is CC1CSCC1NCc1cn(C)nn1. The Hall–Kier alpha value is -0.550. The fourth-order valence-electron chi connectivity index (χ4n) is 1.63. The van der Waals surface area contributed by atoms with Gasteiger partial charge in [0.2, 0.25) is 0 Å². The van der Waals surface area contributed by atoms with Crippen molar-refractivity contribution in [2.75, 3.05) is 11.5 Å². The lowest BCUT2D eigenvalue weighted by Crippen LogP contribution is -2.33. The summed E-state index contributed by atoms with van der Waals surface area (Å²) in [4.78, 5) is 0. The minimum Gasteiger partial charge on any atom is -0.307 e. The molecule has 2 rings (SSSR count). The molecule has 4 nitrogen and oxygen atoms in total. The number of hydrogen-bond acceptors (Lipinski definition) is 4. The molecule has 0 saturated carbocycles. The largest absolute Gasteiger partial charge is 0.307 e. The Balaban J connectivity index is 1.82. The first-order valence-electron chi connectivity index (χ1n) is 4.92. The monoisotopic (exact) mass is 212 g/mol. The Morgan fingerprint density at radius 1 is 1.64 bits per heavy atom. The third kappa shape index (κ3) is 2.27. The molecule has 0 bridgehead atoms. The molecule has 78 valence electrons. The van der Waals surface area contributed by atoms with E-state index in [1.54, 1.807) is 4.68 Å². The number of hydrogen-bond donors (Lipinski definition) is 1. The van der Waals surface area contributed by atoms with Crippen molar-refractivity contribution in [3.63, 3.8) is 0 Å². The fourth-order valence-corrected chi connectivity index (χ4v) is 3.07. The lowest BCUT2D eigenvalue weighted by Gasteiger charge is -2.14. The Kier molecular flexibility index (Phi) is 3.08. The van der Waals surface area contributed by atoms with E-state index in [2.05, 4.69) is 22.6 Å². The molecule has 1 aliphatic heterocycles. The summed E-state index contributed by atoms with van der Waals surface area (Å²) >= 11 is 2.03. The van der Waals surface area contributed by atoms with E-state index in [1.807, 2.05) is 25.0 Å². The second kappa shape index (κ2) is 4.31. The van der Waals surface area contributed by atoms with E-state index in [0.717, 1.165) is 18.2 Å². The van der Waals surface area contributed by atoms with Crippen molar-refractivity contribution in [3.05, 3.63) is 11.9 Å². The van der Waals surface area contributed by atoms with E-state index in [1.165, 1.54) is 11.5 Å². The van der Waals surface area contributed by atoms with Gasteiger partial charge in [-0.05, 0) is 11.7 Å². The van der Waals surface area contributed by atoms with Crippen LogP contribution in [0.15, 0.2) is 6.20 Å². The molecular formula is C9H16N4S. The van der Waals surface area contributed by atoms with Gasteiger partial charge in [0.05, 0.1) is 5.69 Å². The molecule has 2 heterocycles. The maximum Gasteiger partial charge on any atom is 0.0964 e. The lowest BCUT2D eigenvalue weighted by atomic mass is 10.1. The number of nitrogens with one attached hydrogen (secondary N) is 1. The maximum absolute atomic E-state index is 4.05. The minimum absolute atomic E-state index is 0.641. The van der Waals surface area contributed by atoms with Crippen LogP contribution in [0.1, 0.15) is 12.6 Å². The summed E-state index contributed by atoms with van der Waals surface area (Å²) in [7, 11) is 1.89. The second-order valence-corrected chi connectivity index (χ2v) is 4.96. The molecule has 1 fully saturated rings. The lowest BCUT2D eigenvalue weighted by molar-refractivity contribution is 0.450. The molecule has 1 saturated heterocycles. The van der Waals surface area contributed by atoms with Crippen molar-refractivity contribution in [1.29, 1.82) is 0 Å². The average Bonchev–Trinajstić information content (AvgIpc) is 2.72. The van der Waals surface area contributed by atoms with Crippen LogP contribution in [-0.4, -0.2) is 32.5 Å². The van der Waals surface area contributed by atoms with Crippen molar-refractivity contribution in [2.45, 2.75) is 19.5 Å². The molecule has 0 spiro atoms. The van der Waals surface area contributed by atoms with Gasteiger partial charge in [0.25, 0.3) is 0 Å². The molecule has 1 aliphatic rings. The molecule has 2 atom stereocenters. The number of rotatable bonds is 3. The topological polar surface area (TPSA) is 42.7 Å². The zero-order valence-corrected chi connectivity index (χ0v) is 9.42. The average molecular weight is 212 g/mol. The van der Waals surface area contributed by atoms with Crippen LogP contribution in [0.5, 0.6) is 0 Å². The van der Waals surface area contributed by atoms with Crippen LogP contribution >= 0.6 is 11.8 Å². The molecule has 0 aliphatic carbocycles. The Morgan fingerprint density at radius 2 is 2.50 bits per heavy atom. The highest BCUT2D eigenvalue weighted by atomic mass is 32.2. The number of nitrogens with zero attached hydrogens (tertiary/aromatic N) is 3. The zero-order chi connectivity index (χ0) is 9.97. The van der Waals surface area contributed by atoms with E-state index < -0.39 is 0 Å². The molecular weight excluding hydrogens is 196 g/mol. The maximum atomic E-state index is 4.05. The van der Waals surface area contributed by atoms with Crippen LogP contribution in [0, 0.1) is 5.92 Å². The highest BCUT2D eigenvalue weighted by Crippen LogP contribution is 2.23. The molecule has 1 aromatic heterocycles. The predicted molar refractivity (Wildman–Crippen MR) is 58.1 cm³/mol. The highest BCUT2D eigenvalue weighted by Gasteiger charge is 2.23. The van der Waals surface area contributed by atoms with Crippen LogP contribution in [0.4, 0.5) is 0 Å². The Bertz CT molecular complexity index is 299. The molecule has 2 unspecified atom stereocenters. The number of aryl methyl sites for hydroxylation is 1. The Morgan fingerprint density at radius 3 is 3.07 bits per heavy atom. The van der Waals surface area contributed by atoms with Gasteiger partial charge < -0.3 is 5.32 Å². The smallest absolute Gasteiger partial charge is 0.0964 e. The van der Waals surface area contributed by atoms with E-state index in [4.69, 9.17) is 0 Å². The van der Waals surface area contributed by atoms with Gasteiger partial charge in [0, 0.05) is 31.6 Å². The molecule has 1 aromatic rings. The van der Waals surface area contributed by atoms with E-state index in [0.29, 0.717) is 6.04 Å². The summed E-state index contributed by atoms with van der Waals surface area (Å²) in [6, 6.07) is 0.641. The van der Waals surface area contributed by atoms with Gasteiger partial charge in [-0.2, -0.15) is 11.8 Å². The standard InChI is InChI=1S/C9H16N4S/c1-7-5-14-6-9(7)10-3-8-4-13(2)12-11-8/h4,7,9-10H,3,5-6H2,1-2H3. The van der Waals surface area contributed by atoms with E-state index in [9.17, 15) is 0 Å². The van der Waals surface area contributed by atoms with Crippen molar-refractivity contribution < 1.29 is 0 Å². The van der Waals surface area contributed by atoms with Crippen molar-refractivity contribution >= 4 is 11.8 Å². The van der Waals surface area contributed by atoms with Crippen molar-refractivity contribution in [2.24, 2.45) is 13.0 Å². The summed E-state index contributed by atoms with van der Waals surface area (Å²) in [5.74, 6) is 3.27. The third-order valence-corrected chi connectivity index (χ3v) is 3.92. The fraction of sp³-hybridized carbons (Fsp3) is 0.778. The van der Waals surface area contributed by atoms with Gasteiger partial charge in [-0.1, -0.05) is 12.1 Å². The van der Waals surface area contributed by atoms with Gasteiger partial charge >= 0.3 is 0 Å². The second-order valence-electron chi connectivity index (χ2n) is 3.89. The first-order valence-corrected chi connectivity index (χ1v) is 6.07. The molecule has 0 aromatic carbocycles. The summed E-state index contributed by atoms with van der Waals surface area (Å²) in [5, 5.41) is 11.5. The van der Waals surface area contributed by atoms with Gasteiger partial charge in [0.1, 0.15) is 0 Å². The Labute approximate surface area is 88.4 Å². The first-order chi connectivity index (χ1) is 6.75. The summed E-state index contributed by atoms with van der Waals surface area (Å²) in [5.41, 5.74) is 1.02. The van der Waals surface area contributed by atoms with Crippen LogP contribution in [0.3, 0.4) is 0 Å². The summed E-state index contributed by atoms with van der Waals surface area (Å²) in [6.45, 7) is 3.14. The van der Waals surface area contributed by atoms with Crippen LogP contribution in [-0.2, 0) is 13.6 Å². The van der Waals surface area contributed by atoms with Crippen LogP contribution < -0.4 is 5.32 Å². The van der Waals surface area contributed by atoms with Gasteiger partial charge in [0.15, 0.2) is 0 Å². The molecule has 0 amide bonds. The summed E-state index contributed by atoms with van der Waals surface area (Å²) in [6.07, 6.45) is 1.96. The van der Waals surface area contributed by atoms with Crippen molar-refractivity contribution in [3.8, 4) is 0 Å².